The molecule has 0 bridgehead atoms. The van der Waals surface area contributed by atoms with Gasteiger partial charge in [-0.25, -0.2) is 4.98 Å². The zero-order valence-corrected chi connectivity index (χ0v) is 11.3. The van der Waals surface area contributed by atoms with Crippen LogP contribution in [0.1, 0.15) is 10.7 Å². The van der Waals surface area contributed by atoms with E-state index in [1.807, 2.05) is 18.4 Å². The number of benzene rings is 1. The number of hydrogen-bond donors (Lipinski definition) is 1. The number of alkyl halides is 2. The number of anilines is 1. The van der Waals surface area contributed by atoms with Crippen molar-refractivity contribution in [1.29, 1.82) is 0 Å². The van der Waals surface area contributed by atoms with E-state index in [9.17, 15) is 8.78 Å². The molecule has 0 atom stereocenters. The Kier molecular flexibility index (Phi) is 4.54. The Morgan fingerprint density at radius 2 is 2.17 bits per heavy atom. The first kappa shape index (κ1) is 13.3. The SMILES string of the molecule is Cc1csc(CNc2ccccc2SC(F)F)n1. The highest BCUT2D eigenvalue weighted by Gasteiger charge is 2.09. The number of nitrogens with one attached hydrogen (secondary N) is 1. The second kappa shape index (κ2) is 6.15. The normalized spacial score (nSPS) is 10.9. The van der Waals surface area contributed by atoms with E-state index in [4.69, 9.17) is 0 Å². The molecule has 1 aromatic heterocycles. The van der Waals surface area contributed by atoms with Gasteiger partial charge in [0, 0.05) is 21.7 Å². The molecule has 2 rings (SSSR count). The second-order valence-corrected chi connectivity index (χ2v) is 5.59. The molecular formula is C12H12F2N2S2. The third-order valence-corrected chi connectivity index (χ3v) is 3.95. The zero-order chi connectivity index (χ0) is 13.0. The molecule has 0 saturated heterocycles. The van der Waals surface area contributed by atoms with Gasteiger partial charge in [-0.05, 0) is 19.1 Å². The third kappa shape index (κ3) is 3.68. The lowest BCUT2D eigenvalue weighted by Crippen LogP contribution is -2.00. The molecule has 0 aliphatic rings. The van der Waals surface area contributed by atoms with E-state index in [-0.39, 0.29) is 0 Å². The van der Waals surface area contributed by atoms with Crippen LogP contribution in [0.4, 0.5) is 14.5 Å². The molecule has 2 aromatic rings. The Balaban J connectivity index is 2.04. The number of halogens is 2. The summed E-state index contributed by atoms with van der Waals surface area (Å²) in [6, 6.07) is 7.06. The quantitative estimate of drug-likeness (QED) is 0.826. The van der Waals surface area contributed by atoms with E-state index >= 15 is 0 Å². The Morgan fingerprint density at radius 1 is 1.39 bits per heavy atom. The lowest BCUT2D eigenvalue weighted by molar-refractivity contribution is 0.252. The zero-order valence-electron chi connectivity index (χ0n) is 9.69. The molecule has 1 aromatic carbocycles. The molecule has 96 valence electrons. The summed E-state index contributed by atoms with van der Waals surface area (Å²) in [6.07, 6.45) is 0. The fourth-order valence-electron chi connectivity index (χ4n) is 1.47. The van der Waals surface area contributed by atoms with Gasteiger partial charge in [0.25, 0.3) is 5.76 Å². The molecular weight excluding hydrogens is 274 g/mol. The van der Waals surface area contributed by atoms with E-state index < -0.39 is 5.76 Å². The maximum atomic E-state index is 12.4. The summed E-state index contributed by atoms with van der Waals surface area (Å²) < 4.78 is 24.8. The molecule has 0 unspecified atom stereocenters. The van der Waals surface area contributed by atoms with Crippen LogP contribution in [0.3, 0.4) is 0 Å². The molecule has 0 aliphatic carbocycles. The van der Waals surface area contributed by atoms with Gasteiger partial charge in [-0.2, -0.15) is 8.78 Å². The van der Waals surface area contributed by atoms with E-state index in [1.54, 1.807) is 29.5 Å². The first-order valence-electron chi connectivity index (χ1n) is 5.34. The summed E-state index contributed by atoms with van der Waals surface area (Å²) in [5.41, 5.74) is 1.70. The minimum absolute atomic E-state index is 0.553. The van der Waals surface area contributed by atoms with Gasteiger partial charge >= 0.3 is 0 Å². The maximum Gasteiger partial charge on any atom is 0.288 e. The molecule has 1 heterocycles. The highest BCUT2D eigenvalue weighted by molar-refractivity contribution is 7.99. The molecule has 0 fully saturated rings. The standard InChI is InChI=1S/C12H12F2N2S2/c1-8-7-17-11(16-8)6-15-9-4-2-3-5-10(9)18-12(13)14/h2-5,7,12,15H,6H2,1H3. The van der Waals surface area contributed by atoms with Crippen molar-refractivity contribution in [2.75, 3.05) is 5.32 Å². The van der Waals surface area contributed by atoms with Gasteiger partial charge in [0.1, 0.15) is 5.01 Å². The average Bonchev–Trinajstić information content (AvgIpc) is 2.73. The predicted octanol–water partition coefficient (Wildman–Crippen LogP) is 4.38. The molecule has 0 aliphatic heterocycles. The summed E-state index contributed by atoms with van der Waals surface area (Å²) in [7, 11) is 0. The minimum Gasteiger partial charge on any atom is -0.378 e. The molecule has 2 nitrogen and oxygen atoms in total. The molecule has 0 saturated carbocycles. The smallest absolute Gasteiger partial charge is 0.288 e. The van der Waals surface area contributed by atoms with Gasteiger partial charge in [-0.15, -0.1) is 11.3 Å². The molecule has 6 heteroatoms. The van der Waals surface area contributed by atoms with Crippen molar-refractivity contribution >= 4 is 28.8 Å². The molecule has 0 spiro atoms. The Labute approximate surface area is 112 Å². The van der Waals surface area contributed by atoms with Crippen LogP contribution >= 0.6 is 23.1 Å². The lowest BCUT2D eigenvalue weighted by Gasteiger charge is -2.09. The lowest BCUT2D eigenvalue weighted by atomic mass is 10.3. The van der Waals surface area contributed by atoms with Crippen LogP contribution < -0.4 is 5.32 Å². The van der Waals surface area contributed by atoms with Gasteiger partial charge in [-0.3, -0.25) is 0 Å². The molecule has 0 amide bonds. The van der Waals surface area contributed by atoms with Gasteiger partial charge in [0.15, 0.2) is 0 Å². The number of thioether (sulfide) groups is 1. The first-order chi connectivity index (χ1) is 8.65. The number of hydrogen-bond acceptors (Lipinski definition) is 4. The van der Waals surface area contributed by atoms with E-state index in [0.717, 1.165) is 16.4 Å². The van der Waals surface area contributed by atoms with Crippen molar-refractivity contribution < 1.29 is 8.78 Å². The van der Waals surface area contributed by atoms with E-state index in [2.05, 4.69) is 10.3 Å². The highest BCUT2D eigenvalue weighted by Crippen LogP contribution is 2.31. The predicted molar refractivity (Wildman–Crippen MR) is 72.5 cm³/mol. The topological polar surface area (TPSA) is 24.9 Å². The highest BCUT2D eigenvalue weighted by atomic mass is 32.2. The maximum absolute atomic E-state index is 12.4. The monoisotopic (exact) mass is 286 g/mol. The van der Waals surface area contributed by atoms with Crippen LogP contribution in [0.25, 0.3) is 0 Å². The van der Waals surface area contributed by atoms with Crippen molar-refractivity contribution in [3.05, 3.63) is 40.3 Å². The fraction of sp³-hybridized carbons (Fsp3) is 0.250. The third-order valence-electron chi connectivity index (χ3n) is 2.20. The summed E-state index contributed by atoms with van der Waals surface area (Å²) >= 11 is 2.11. The number of aromatic nitrogens is 1. The van der Waals surface area contributed by atoms with Crippen LogP contribution in [0.5, 0.6) is 0 Å². The number of nitrogens with zero attached hydrogens (tertiary/aromatic N) is 1. The Bertz CT molecular complexity index is 514. The van der Waals surface area contributed by atoms with Crippen LogP contribution in [-0.2, 0) is 6.54 Å². The van der Waals surface area contributed by atoms with Crippen LogP contribution in [-0.4, -0.2) is 10.7 Å². The van der Waals surface area contributed by atoms with Crippen molar-refractivity contribution in [2.24, 2.45) is 0 Å². The summed E-state index contributed by atoms with van der Waals surface area (Å²) in [5, 5.41) is 6.06. The van der Waals surface area contributed by atoms with E-state index in [0.29, 0.717) is 23.2 Å². The van der Waals surface area contributed by atoms with Crippen molar-refractivity contribution in [3.63, 3.8) is 0 Å². The number of rotatable bonds is 5. The summed E-state index contributed by atoms with van der Waals surface area (Å²) in [4.78, 5) is 4.87. The van der Waals surface area contributed by atoms with Crippen molar-refractivity contribution in [3.8, 4) is 0 Å². The number of aryl methyl sites for hydroxylation is 1. The van der Waals surface area contributed by atoms with Gasteiger partial charge in [0.05, 0.1) is 6.54 Å². The van der Waals surface area contributed by atoms with Crippen molar-refractivity contribution in [2.45, 2.75) is 24.1 Å². The van der Waals surface area contributed by atoms with E-state index in [1.165, 1.54) is 0 Å². The van der Waals surface area contributed by atoms with Gasteiger partial charge in [-0.1, -0.05) is 23.9 Å². The first-order valence-corrected chi connectivity index (χ1v) is 7.10. The molecule has 1 N–H and O–H groups in total. The average molecular weight is 286 g/mol. The fourth-order valence-corrected chi connectivity index (χ4v) is 2.79. The molecule has 0 radical (unpaired) electrons. The second-order valence-electron chi connectivity index (χ2n) is 3.61. The Morgan fingerprint density at radius 3 is 2.83 bits per heavy atom. The number of para-hydroxylation sites is 1. The van der Waals surface area contributed by atoms with Gasteiger partial charge < -0.3 is 5.32 Å². The van der Waals surface area contributed by atoms with Gasteiger partial charge in [0.2, 0.25) is 0 Å². The van der Waals surface area contributed by atoms with Crippen LogP contribution in [0, 0.1) is 6.92 Å². The minimum atomic E-state index is -2.41. The van der Waals surface area contributed by atoms with Crippen LogP contribution in [0.15, 0.2) is 34.5 Å². The molecule has 18 heavy (non-hydrogen) atoms. The largest absolute Gasteiger partial charge is 0.378 e. The Hall–Kier alpha value is -1.14. The van der Waals surface area contributed by atoms with Crippen molar-refractivity contribution in [1.82, 2.24) is 4.98 Å². The summed E-state index contributed by atoms with van der Waals surface area (Å²) in [5.74, 6) is -2.41. The summed E-state index contributed by atoms with van der Waals surface area (Å²) in [6.45, 7) is 2.49. The number of thiazole rings is 1. The van der Waals surface area contributed by atoms with Crippen LogP contribution in [0.2, 0.25) is 0 Å².